The minimum atomic E-state index is -0.631. The van der Waals surface area contributed by atoms with Gasteiger partial charge in [0, 0.05) is 28.9 Å². The number of aromatic amines is 1. The number of benzene rings is 2. The Bertz CT molecular complexity index is 1110. The maximum atomic E-state index is 13.4. The number of aromatic hydroxyl groups is 1. The van der Waals surface area contributed by atoms with Gasteiger partial charge in [-0.15, -0.1) is 0 Å². The average molecular weight is 368 g/mol. The fourth-order valence-electron chi connectivity index (χ4n) is 2.98. The van der Waals surface area contributed by atoms with Gasteiger partial charge in [0.15, 0.2) is 0 Å². The summed E-state index contributed by atoms with van der Waals surface area (Å²) in [4.78, 5) is 28.0. The van der Waals surface area contributed by atoms with Gasteiger partial charge in [0.1, 0.15) is 17.1 Å². The van der Waals surface area contributed by atoms with Crippen molar-refractivity contribution in [2.45, 2.75) is 33.1 Å². The van der Waals surface area contributed by atoms with Gasteiger partial charge in [-0.25, -0.2) is 4.39 Å². The topological polar surface area (TPSA) is 82.2 Å². The number of rotatable bonds is 2. The van der Waals surface area contributed by atoms with E-state index in [4.69, 9.17) is 0 Å². The van der Waals surface area contributed by atoms with Crippen LogP contribution in [0.15, 0.2) is 41.3 Å². The molecule has 3 aromatic rings. The van der Waals surface area contributed by atoms with Gasteiger partial charge in [0.05, 0.1) is 0 Å². The maximum Gasteiger partial charge on any atom is 0.261 e. The highest BCUT2D eigenvalue weighted by Crippen LogP contribution is 2.34. The Morgan fingerprint density at radius 2 is 1.89 bits per heavy atom. The highest BCUT2D eigenvalue weighted by molar-refractivity contribution is 6.06. The first-order chi connectivity index (χ1) is 12.6. The number of anilines is 1. The molecule has 140 valence electrons. The van der Waals surface area contributed by atoms with Gasteiger partial charge in [0.25, 0.3) is 5.91 Å². The Balaban J connectivity index is 1.99. The molecule has 6 heteroatoms. The van der Waals surface area contributed by atoms with Crippen LogP contribution in [-0.2, 0) is 5.41 Å². The highest BCUT2D eigenvalue weighted by Gasteiger charge is 2.21. The van der Waals surface area contributed by atoms with Crippen LogP contribution in [0.1, 0.15) is 42.3 Å². The Morgan fingerprint density at radius 1 is 1.19 bits per heavy atom. The third kappa shape index (κ3) is 3.56. The third-order valence-electron chi connectivity index (χ3n) is 4.49. The van der Waals surface area contributed by atoms with Gasteiger partial charge in [-0.05, 0) is 47.7 Å². The summed E-state index contributed by atoms with van der Waals surface area (Å²) in [6, 6.07) is 7.07. The quantitative estimate of drug-likeness (QED) is 0.633. The van der Waals surface area contributed by atoms with Crippen LogP contribution >= 0.6 is 0 Å². The van der Waals surface area contributed by atoms with E-state index in [9.17, 15) is 19.1 Å². The van der Waals surface area contributed by atoms with Crippen molar-refractivity contribution in [3.8, 4) is 5.75 Å². The summed E-state index contributed by atoms with van der Waals surface area (Å²) in [7, 11) is 0. The van der Waals surface area contributed by atoms with E-state index < -0.39 is 17.2 Å². The lowest BCUT2D eigenvalue weighted by molar-refractivity contribution is 0.102. The number of hydrogen-bond donors (Lipinski definition) is 3. The number of halogens is 1. The summed E-state index contributed by atoms with van der Waals surface area (Å²) in [6.07, 6.45) is 1.30. The van der Waals surface area contributed by atoms with Crippen molar-refractivity contribution >= 4 is 22.5 Å². The van der Waals surface area contributed by atoms with Gasteiger partial charge >= 0.3 is 0 Å². The van der Waals surface area contributed by atoms with Crippen molar-refractivity contribution in [1.82, 2.24) is 4.98 Å². The predicted molar refractivity (Wildman–Crippen MR) is 104 cm³/mol. The summed E-state index contributed by atoms with van der Waals surface area (Å²) < 4.78 is 13.4. The number of amides is 1. The summed E-state index contributed by atoms with van der Waals surface area (Å²) >= 11 is 0. The Morgan fingerprint density at radius 3 is 2.56 bits per heavy atom. The standard InChI is InChI=1S/C21H21FN2O3/c1-11-7-15(21(2,3)4)18(25)9-17(11)24-20(27)14-10-23-16-6-5-12(22)8-13(16)19(14)26/h5-10,25H,1-4H3,(H,23,26)(H,24,27). The molecule has 0 spiro atoms. The molecular weight excluding hydrogens is 347 g/mol. The van der Waals surface area contributed by atoms with E-state index in [0.29, 0.717) is 11.2 Å². The summed E-state index contributed by atoms with van der Waals surface area (Å²) in [5.74, 6) is -1.12. The van der Waals surface area contributed by atoms with Crippen LogP contribution in [0.2, 0.25) is 0 Å². The number of H-pyrrole nitrogens is 1. The van der Waals surface area contributed by atoms with Crippen molar-refractivity contribution in [2.24, 2.45) is 0 Å². The molecule has 5 nitrogen and oxygen atoms in total. The molecule has 0 aliphatic heterocycles. The first kappa shape index (κ1) is 18.6. The zero-order valence-electron chi connectivity index (χ0n) is 15.6. The lowest BCUT2D eigenvalue weighted by Gasteiger charge is -2.22. The Labute approximate surface area is 155 Å². The molecule has 27 heavy (non-hydrogen) atoms. The van der Waals surface area contributed by atoms with Crippen molar-refractivity contribution in [3.63, 3.8) is 0 Å². The number of phenolic OH excluding ortho intramolecular Hbond substituents is 1. The lowest BCUT2D eigenvalue weighted by Crippen LogP contribution is -2.22. The first-order valence-electron chi connectivity index (χ1n) is 8.54. The number of pyridine rings is 1. The molecule has 3 N–H and O–H groups in total. The molecule has 0 atom stereocenters. The van der Waals surface area contributed by atoms with E-state index >= 15 is 0 Å². The molecule has 1 amide bonds. The fourth-order valence-corrected chi connectivity index (χ4v) is 2.98. The van der Waals surface area contributed by atoms with Crippen molar-refractivity contribution in [2.75, 3.05) is 5.32 Å². The highest BCUT2D eigenvalue weighted by atomic mass is 19.1. The summed E-state index contributed by atoms with van der Waals surface area (Å²) in [5.41, 5.74) is 1.43. The Hall–Kier alpha value is -3.15. The average Bonchev–Trinajstić information content (AvgIpc) is 2.57. The van der Waals surface area contributed by atoms with E-state index in [1.54, 1.807) is 0 Å². The number of hydrogen-bond acceptors (Lipinski definition) is 3. The van der Waals surface area contributed by atoms with Crippen LogP contribution in [0.5, 0.6) is 5.75 Å². The monoisotopic (exact) mass is 368 g/mol. The molecule has 0 saturated carbocycles. The molecule has 1 aromatic heterocycles. The van der Waals surface area contributed by atoms with Crippen molar-refractivity contribution in [3.05, 3.63) is 69.3 Å². The zero-order valence-corrected chi connectivity index (χ0v) is 15.6. The van der Waals surface area contributed by atoms with Gasteiger partial charge in [-0.3, -0.25) is 9.59 Å². The molecule has 3 rings (SSSR count). The molecular formula is C21H21FN2O3. The molecule has 0 unspecified atom stereocenters. The van der Waals surface area contributed by atoms with E-state index in [2.05, 4.69) is 10.3 Å². The summed E-state index contributed by atoms with van der Waals surface area (Å²) in [6.45, 7) is 7.75. The predicted octanol–water partition coefficient (Wildman–Crippen LogP) is 4.23. The molecule has 0 saturated heterocycles. The molecule has 0 radical (unpaired) electrons. The smallest absolute Gasteiger partial charge is 0.261 e. The number of aryl methyl sites for hydroxylation is 1. The first-order valence-corrected chi connectivity index (χ1v) is 8.54. The van der Waals surface area contributed by atoms with Crippen LogP contribution in [0, 0.1) is 12.7 Å². The van der Waals surface area contributed by atoms with E-state index in [0.717, 1.165) is 17.2 Å². The lowest BCUT2D eigenvalue weighted by atomic mass is 9.85. The number of nitrogens with one attached hydrogen (secondary N) is 2. The van der Waals surface area contributed by atoms with E-state index in [1.165, 1.54) is 24.4 Å². The molecule has 0 aliphatic rings. The summed E-state index contributed by atoms with van der Waals surface area (Å²) in [5, 5.41) is 13.1. The second kappa shape index (κ2) is 6.54. The minimum Gasteiger partial charge on any atom is -0.508 e. The molecule has 0 aliphatic carbocycles. The number of fused-ring (bicyclic) bond motifs is 1. The molecule has 0 bridgehead atoms. The third-order valence-corrected chi connectivity index (χ3v) is 4.49. The van der Waals surface area contributed by atoms with Crippen LogP contribution < -0.4 is 10.7 Å². The number of carbonyl (C=O) groups excluding carboxylic acids is 1. The normalized spacial score (nSPS) is 11.6. The maximum absolute atomic E-state index is 13.4. The second-order valence-corrected chi connectivity index (χ2v) is 7.61. The number of aromatic nitrogens is 1. The van der Waals surface area contributed by atoms with Gasteiger partial charge in [-0.2, -0.15) is 0 Å². The van der Waals surface area contributed by atoms with Gasteiger partial charge in [-0.1, -0.05) is 20.8 Å². The molecule has 0 fully saturated rings. The SMILES string of the molecule is Cc1cc(C(C)(C)C)c(O)cc1NC(=O)c1c[nH]c2ccc(F)cc2c1=O. The zero-order chi connectivity index (χ0) is 19.9. The van der Waals surface area contributed by atoms with E-state index in [-0.39, 0.29) is 22.1 Å². The number of carbonyl (C=O) groups is 1. The van der Waals surface area contributed by atoms with Crippen molar-refractivity contribution in [1.29, 1.82) is 0 Å². The van der Waals surface area contributed by atoms with Gasteiger partial charge in [0.2, 0.25) is 5.43 Å². The van der Waals surface area contributed by atoms with Gasteiger partial charge < -0.3 is 15.4 Å². The largest absolute Gasteiger partial charge is 0.508 e. The number of phenols is 1. The van der Waals surface area contributed by atoms with Crippen LogP contribution in [0.4, 0.5) is 10.1 Å². The van der Waals surface area contributed by atoms with E-state index in [1.807, 2.05) is 33.8 Å². The fraction of sp³-hybridized carbons (Fsp3) is 0.238. The second-order valence-electron chi connectivity index (χ2n) is 7.61. The minimum absolute atomic E-state index is 0.0675. The van der Waals surface area contributed by atoms with Crippen molar-refractivity contribution < 1.29 is 14.3 Å². The van der Waals surface area contributed by atoms with Crippen LogP contribution in [-0.4, -0.2) is 16.0 Å². The van der Waals surface area contributed by atoms with Crippen LogP contribution in [0.25, 0.3) is 10.9 Å². The molecule has 1 heterocycles. The molecule has 2 aromatic carbocycles. The Kier molecular flexibility index (Phi) is 4.51. The van der Waals surface area contributed by atoms with Crippen LogP contribution in [0.3, 0.4) is 0 Å².